The van der Waals surface area contributed by atoms with E-state index in [1.165, 1.54) is 0 Å². The molecule has 3 aromatic carbocycles. The van der Waals surface area contributed by atoms with Crippen molar-refractivity contribution in [3.63, 3.8) is 0 Å². The van der Waals surface area contributed by atoms with Gasteiger partial charge in [-0.25, -0.2) is 27.8 Å². The Morgan fingerprint density at radius 3 is 1.45 bits per heavy atom. The Hall–Kier alpha value is -4.89. The van der Waals surface area contributed by atoms with Crippen molar-refractivity contribution in [2.75, 3.05) is 0 Å². The maximum atomic E-state index is 12.9. The summed E-state index contributed by atoms with van der Waals surface area (Å²) in [4.78, 5) is 12.9. The van der Waals surface area contributed by atoms with Gasteiger partial charge in [0.25, 0.3) is 0 Å². The number of fused-ring (bicyclic) bond motifs is 1. The zero-order valence-corrected chi connectivity index (χ0v) is 22.8. The fourth-order valence-electron chi connectivity index (χ4n) is 4.49. The van der Waals surface area contributed by atoms with Crippen LogP contribution in [0.3, 0.4) is 0 Å². The summed E-state index contributed by atoms with van der Waals surface area (Å²) in [5.74, 6) is 1.66. The van der Waals surface area contributed by atoms with Crippen LogP contribution in [0.15, 0.2) is 144 Å². The fourth-order valence-corrected chi connectivity index (χ4v) is 4.49. The van der Waals surface area contributed by atoms with E-state index in [2.05, 4.69) is 6.07 Å². The summed E-state index contributed by atoms with van der Waals surface area (Å²) < 4.78 is 46.3. The number of hydrogen-bond donors (Lipinski definition) is 0. The molecule has 0 unspecified atom stereocenters. The SMILES string of the molecule is O=C(Oc1cc(-c2cc(-c3ccccc3)[o+]c(-c3ccccc3)c2)c2cccccc1-2)c1ccccc1.[O-][Cl+3]([O-])([O-])[O-]. The van der Waals surface area contributed by atoms with E-state index in [-0.39, 0.29) is 5.97 Å². The van der Waals surface area contributed by atoms with E-state index in [4.69, 9.17) is 27.8 Å². The minimum atomic E-state index is -4.94. The Kier molecular flexibility index (Phi) is 8.68. The van der Waals surface area contributed by atoms with Gasteiger partial charge in [-0.15, -0.1) is 10.2 Å². The molecule has 208 valence electrons. The second kappa shape index (κ2) is 12.7. The third kappa shape index (κ3) is 7.24. The highest BCUT2D eigenvalue weighted by atomic mass is 35.7. The van der Waals surface area contributed by atoms with Crippen LogP contribution in [0.5, 0.6) is 5.75 Å². The summed E-state index contributed by atoms with van der Waals surface area (Å²) in [5.41, 5.74) is 6.28. The number of carbonyl (C=O) groups excluding carboxylic acids is 1. The first kappa shape index (κ1) is 28.6. The van der Waals surface area contributed by atoms with Crippen molar-refractivity contribution in [1.82, 2.24) is 0 Å². The lowest BCUT2D eigenvalue weighted by Crippen LogP contribution is -2.68. The van der Waals surface area contributed by atoms with Crippen LogP contribution in [0.1, 0.15) is 10.4 Å². The first-order valence-corrected chi connectivity index (χ1v) is 14.0. The summed E-state index contributed by atoms with van der Waals surface area (Å²) in [6, 6.07) is 45.2. The van der Waals surface area contributed by atoms with Gasteiger partial charge in [0.05, 0.1) is 28.8 Å². The molecule has 8 heteroatoms. The molecule has 1 heterocycles. The first-order valence-electron chi connectivity index (χ1n) is 12.8. The van der Waals surface area contributed by atoms with Gasteiger partial charge in [-0.05, 0) is 53.6 Å². The molecule has 1 aromatic heterocycles. The summed E-state index contributed by atoms with van der Waals surface area (Å²) >= 11 is 0. The van der Waals surface area contributed by atoms with E-state index >= 15 is 0 Å². The van der Waals surface area contributed by atoms with Crippen molar-refractivity contribution < 1.29 is 42.8 Å². The van der Waals surface area contributed by atoms with Crippen LogP contribution < -0.4 is 23.4 Å². The predicted octanol–water partition coefficient (Wildman–Crippen LogP) is 4.13. The van der Waals surface area contributed by atoms with Crippen molar-refractivity contribution in [2.45, 2.75) is 0 Å². The smallest absolute Gasteiger partial charge is 0.361 e. The Morgan fingerprint density at radius 2 is 0.952 bits per heavy atom. The monoisotopic (exact) mass is 578 g/mol. The van der Waals surface area contributed by atoms with Crippen molar-refractivity contribution >= 4 is 5.97 Å². The molecule has 0 fully saturated rings. The van der Waals surface area contributed by atoms with Gasteiger partial charge in [-0.2, -0.15) is 0 Å². The summed E-state index contributed by atoms with van der Waals surface area (Å²) in [6.07, 6.45) is 0. The van der Waals surface area contributed by atoms with Crippen LogP contribution in [0.4, 0.5) is 0 Å². The van der Waals surface area contributed by atoms with E-state index in [0.29, 0.717) is 11.3 Å². The van der Waals surface area contributed by atoms with Gasteiger partial charge in [0, 0.05) is 11.1 Å². The number of hydrogen-bond acceptors (Lipinski definition) is 6. The molecule has 0 saturated carbocycles. The van der Waals surface area contributed by atoms with E-state index in [1.54, 1.807) is 12.1 Å². The van der Waals surface area contributed by atoms with Gasteiger partial charge in [0.1, 0.15) is 5.75 Å². The van der Waals surface area contributed by atoms with Crippen LogP contribution in [-0.4, -0.2) is 5.97 Å². The maximum Gasteiger partial charge on any atom is 0.361 e. The fraction of sp³-hybridized carbons (Fsp3) is 0. The topological polar surface area (TPSA) is 130 Å². The van der Waals surface area contributed by atoms with Gasteiger partial charge in [0.15, 0.2) is 0 Å². The Balaban J connectivity index is 0.000000652. The highest BCUT2D eigenvalue weighted by Gasteiger charge is 2.25. The average molecular weight is 579 g/mol. The van der Waals surface area contributed by atoms with Gasteiger partial charge >= 0.3 is 17.5 Å². The molecule has 4 aromatic rings. The number of esters is 1. The molecule has 0 radical (unpaired) electrons. The predicted molar refractivity (Wildman–Crippen MR) is 147 cm³/mol. The van der Waals surface area contributed by atoms with Gasteiger partial charge in [-0.3, -0.25) is 0 Å². The highest BCUT2D eigenvalue weighted by Crippen LogP contribution is 2.45. The highest BCUT2D eigenvalue weighted by molar-refractivity contribution is 5.96. The van der Waals surface area contributed by atoms with Crippen molar-refractivity contribution in [3.8, 4) is 50.7 Å². The molecule has 0 amide bonds. The Morgan fingerprint density at radius 1 is 0.524 bits per heavy atom. The molecular weight excluding hydrogens is 556 g/mol. The summed E-state index contributed by atoms with van der Waals surface area (Å²) in [5, 5.41) is 0. The lowest BCUT2D eigenvalue weighted by Gasteiger charge is -2.17. The lowest BCUT2D eigenvalue weighted by atomic mass is 10.00. The molecule has 0 N–H and O–H groups in total. The molecule has 0 aliphatic heterocycles. The number of benzene rings is 3. The van der Waals surface area contributed by atoms with Crippen LogP contribution >= 0.6 is 0 Å². The van der Waals surface area contributed by atoms with Crippen molar-refractivity contribution in [1.29, 1.82) is 0 Å². The molecule has 2 aliphatic carbocycles. The molecule has 0 atom stereocenters. The standard InChI is InChI=1S/C34H23O3.ClHO4/c35-34(26-17-9-3-10-18-26)37-33-23-30(28-19-11-4-12-20-29(28)33)27-21-31(24-13-5-1-6-14-24)36-32(22-27)25-15-7-2-8-16-25;2-1(3,4)5/h1-23H;(H,2,3,4,5)/q+1;/p-1. The molecule has 2 aliphatic rings. The van der Waals surface area contributed by atoms with Crippen LogP contribution in [0, 0.1) is 10.2 Å². The molecule has 0 bridgehead atoms. The lowest BCUT2D eigenvalue weighted by molar-refractivity contribution is -2.00. The van der Waals surface area contributed by atoms with E-state index < -0.39 is 10.2 Å². The molecule has 0 saturated heterocycles. The number of ether oxygens (including phenoxy) is 1. The molecular formula is C34H23ClO7. The second-order valence-electron chi connectivity index (χ2n) is 9.10. The van der Waals surface area contributed by atoms with E-state index in [0.717, 1.165) is 44.9 Å². The normalized spacial score (nSPS) is 11.0. The van der Waals surface area contributed by atoms with E-state index in [1.807, 2.05) is 121 Å². The van der Waals surface area contributed by atoms with E-state index in [9.17, 15) is 4.79 Å². The van der Waals surface area contributed by atoms with Crippen LogP contribution in [0.25, 0.3) is 44.9 Å². The summed E-state index contributed by atoms with van der Waals surface area (Å²) in [7, 11) is -4.94. The van der Waals surface area contributed by atoms with Crippen LogP contribution in [0.2, 0.25) is 0 Å². The molecule has 42 heavy (non-hydrogen) atoms. The third-order valence-electron chi connectivity index (χ3n) is 6.30. The molecule has 7 nitrogen and oxygen atoms in total. The second-order valence-corrected chi connectivity index (χ2v) is 9.86. The number of halogens is 1. The average Bonchev–Trinajstić information content (AvgIpc) is 3.15. The largest absolute Gasteiger partial charge is 0.422 e. The third-order valence-corrected chi connectivity index (χ3v) is 6.30. The number of rotatable bonds is 5. The van der Waals surface area contributed by atoms with Crippen molar-refractivity contribution in [2.24, 2.45) is 0 Å². The molecule has 0 spiro atoms. The quantitative estimate of drug-likeness (QED) is 0.222. The van der Waals surface area contributed by atoms with Crippen molar-refractivity contribution in [3.05, 3.63) is 145 Å². The summed E-state index contributed by atoms with van der Waals surface area (Å²) in [6.45, 7) is 0. The zero-order chi connectivity index (χ0) is 29.5. The Bertz CT molecular complexity index is 1690. The molecule has 6 rings (SSSR count). The minimum Gasteiger partial charge on any atom is -0.422 e. The first-order chi connectivity index (χ1) is 20.3. The maximum absolute atomic E-state index is 12.9. The van der Waals surface area contributed by atoms with Gasteiger partial charge in [0.2, 0.25) is 0 Å². The zero-order valence-electron chi connectivity index (χ0n) is 22.0. The Labute approximate surface area is 244 Å². The van der Waals surface area contributed by atoms with Crippen LogP contribution in [-0.2, 0) is 0 Å². The minimum absolute atomic E-state index is 0.386. The number of carbonyl (C=O) groups is 1. The van der Waals surface area contributed by atoms with Gasteiger partial charge < -0.3 is 4.74 Å². The van der Waals surface area contributed by atoms with Gasteiger partial charge in [-0.1, -0.05) is 84.9 Å².